The van der Waals surface area contributed by atoms with Crippen molar-refractivity contribution in [1.29, 1.82) is 0 Å². The number of hydrogen-bond acceptors (Lipinski definition) is 5. The molecule has 0 spiro atoms. The molecule has 6 nitrogen and oxygen atoms in total. The molecule has 0 aliphatic heterocycles. The van der Waals surface area contributed by atoms with Crippen molar-refractivity contribution >= 4 is 50.4 Å². The fourth-order valence-corrected chi connectivity index (χ4v) is 1.99. The van der Waals surface area contributed by atoms with Gasteiger partial charge in [-0.2, -0.15) is 0 Å². The summed E-state index contributed by atoms with van der Waals surface area (Å²) in [5.41, 5.74) is 6.68. The van der Waals surface area contributed by atoms with Crippen molar-refractivity contribution in [2.45, 2.75) is 0 Å². The first-order chi connectivity index (χ1) is 8.97. The Bertz CT molecular complexity index is 651. The van der Waals surface area contributed by atoms with Gasteiger partial charge in [0.15, 0.2) is 0 Å². The summed E-state index contributed by atoms with van der Waals surface area (Å²) >= 11 is 9.22. The molecule has 2 aromatic rings. The predicted octanol–water partition coefficient (Wildman–Crippen LogP) is 3.73. The Hall–Kier alpha value is -1.86. The molecule has 0 unspecified atom stereocenters. The van der Waals surface area contributed by atoms with Gasteiger partial charge in [0.2, 0.25) is 0 Å². The Morgan fingerprint density at radius 2 is 2.16 bits per heavy atom. The molecule has 0 aliphatic carbocycles. The van der Waals surface area contributed by atoms with E-state index in [-0.39, 0.29) is 5.69 Å². The minimum Gasteiger partial charge on any atom is -0.399 e. The van der Waals surface area contributed by atoms with Gasteiger partial charge in [-0.15, -0.1) is 0 Å². The van der Waals surface area contributed by atoms with Crippen LogP contribution in [-0.4, -0.2) is 9.91 Å². The van der Waals surface area contributed by atoms with Gasteiger partial charge in [-0.1, -0.05) is 11.6 Å². The fraction of sp³-hybridized carbons (Fsp3) is 0. The third-order valence-corrected chi connectivity index (χ3v) is 3.22. The van der Waals surface area contributed by atoms with E-state index in [4.69, 9.17) is 17.3 Å². The van der Waals surface area contributed by atoms with Gasteiger partial charge in [0, 0.05) is 11.8 Å². The number of nitrogens with one attached hydrogen (secondary N) is 1. The maximum atomic E-state index is 10.6. The van der Waals surface area contributed by atoms with Crippen LogP contribution in [0.5, 0.6) is 0 Å². The second kappa shape index (κ2) is 5.41. The minimum atomic E-state index is -0.519. The van der Waals surface area contributed by atoms with Crippen LogP contribution in [0.4, 0.5) is 22.9 Å². The zero-order chi connectivity index (χ0) is 14.0. The standard InChI is InChI=1S/C11H8BrClN4O2/c12-8-4-7(17(18)19)5-15-11(8)16-10-3-6(14)1-2-9(10)13/h1-5H,14H2,(H,15,16). The minimum absolute atomic E-state index is 0.101. The summed E-state index contributed by atoms with van der Waals surface area (Å²) in [7, 11) is 0. The van der Waals surface area contributed by atoms with Crippen molar-refractivity contribution in [2.75, 3.05) is 11.1 Å². The molecule has 0 bridgehead atoms. The van der Waals surface area contributed by atoms with Crippen LogP contribution in [0, 0.1) is 10.1 Å². The van der Waals surface area contributed by atoms with E-state index < -0.39 is 4.92 Å². The van der Waals surface area contributed by atoms with E-state index in [2.05, 4.69) is 26.2 Å². The maximum absolute atomic E-state index is 10.6. The van der Waals surface area contributed by atoms with Crippen LogP contribution in [0.2, 0.25) is 5.02 Å². The number of nitrogens with two attached hydrogens (primary N) is 1. The smallest absolute Gasteiger partial charge is 0.288 e. The summed E-state index contributed by atoms with van der Waals surface area (Å²) in [5, 5.41) is 14.0. The van der Waals surface area contributed by atoms with E-state index in [0.29, 0.717) is 26.7 Å². The van der Waals surface area contributed by atoms with Gasteiger partial charge < -0.3 is 11.1 Å². The lowest BCUT2D eigenvalue weighted by Crippen LogP contribution is -1.98. The topological polar surface area (TPSA) is 94.1 Å². The molecule has 0 atom stereocenters. The van der Waals surface area contributed by atoms with E-state index in [9.17, 15) is 10.1 Å². The number of halogens is 2. The average Bonchev–Trinajstić information content (AvgIpc) is 2.36. The molecule has 0 saturated heterocycles. The van der Waals surface area contributed by atoms with E-state index in [1.807, 2.05) is 0 Å². The Morgan fingerprint density at radius 3 is 2.79 bits per heavy atom. The molecule has 0 radical (unpaired) electrons. The Morgan fingerprint density at radius 1 is 1.42 bits per heavy atom. The quantitative estimate of drug-likeness (QED) is 0.503. The number of nitrogens with zero attached hydrogens (tertiary/aromatic N) is 2. The molecule has 8 heteroatoms. The largest absolute Gasteiger partial charge is 0.399 e. The monoisotopic (exact) mass is 342 g/mol. The molecular weight excluding hydrogens is 336 g/mol. The highest BCUT2D eigenvalue weighted by Gasteiger charge is 2.11. The van der Waals surface area contributed by atoms with E-state index >= 15 is 0 Å². The van der Waals surface area contributed by atoms with E-state index in [0.717, 1.165) is 6.20 Å². The first-order valence-corrected chi connectivity index (χ1v) is 6.26. The first kappa shape index (κ1) is 13.6. The lowest BCUT2D eigenvalue weighted by molar-refractivity contribution is -0.385. The van der Waals surface area contributed by atoms with Crippen molar-refractivity contribution in [1.82, 2.24) is 4.98 Å². The Balaban J connectivity index is 2.33. The molecule has 1 aromatic carbocycles. The van der Waals surface area contributed by atoms with Crippen molar-refractivity contribution in [3.8, 4) is 0 Å². The number of nitrogen functional groups attached to an aromatic ring is 1. The lowest BCUT2D eigenvalue weighted by atomic mass is 10.3. The van der Waals surface area contributed by atoms with Crippen LogP contribution < -0.4 is 11.1 Å². The highest BCUT2D eigenvalue weighted by Crippen LogP contribution is 2.31. The number of rotatable bonds is 3. The fourth-order valence-electron chi connectivity index (χ4n) is 1.39. The van der Waals surface area contributed by atoms with Crippen molar-refractivity contribution in [2.24, 2.45) is 0 Å². The van der Waals surface area contributed by atoms with E-state index in [1.165, 1.54) is 6.07 Å². The molecule has 2 rings (SSSR count). The number of benzene rings is 1. The molecule has 19 heavy (non-hydrogen) atoms. The van der Waals surface area contributed by atoms with Crippen LogP contribution in [0.1, 0.15) is 0 Å². The van der Waals surface area contributed by atoms with Gasteiger partial charge in [-0.3, -0.25) is 10.1 Å². The molecule has 3 N–H and O–H groups in total. The van der Waals surface area contributed by atoms with Crippen molar-refractivity contribution in [3.63, 3.8) is 0 Å². The maximum Gasteiger partial charge on any atom is 0.288 e. The van der Waals surface area contributed by atoms with Gasteiger partial charge in [0.1, 0.15) is 12.0 Å². The number of anilines is 3. The molecule has 1 aromatic heterocycles. The molecule has 0 amide bonds. The molecule has 0 fully saturated rings. The van der Waals surface area contributed by atoms with Crippen LogP contribution in [-0.2, 0) is 0 Å². The van der Waals surface area contributed by atoms with Crippen LogP contribution in [0.3, 0.4) is 0 Å². The predicted molar refractivity (Wildman–Crippen MR) is 77.7 cm³/mol. The molecule has 0 saturated carbocycles. The van der Waals surface area contributed by atoms with Gasteiger partial charge in [-0.25, -0.2) is 4.98 Å². The van der Waals surface area contributed by atoms with E-state index in [1.54, 1.807) is 18.2 Å². The average molecular weight is 344 g/mol. The van der Waals surface area contributed by atoms with Crippen molar-refractivity contribution in [3.05, 3.63) is 50.1 Å². The normalized spacial score (nSPS) is 10.2. The van der Waals surface area contributed by atoms with Gasteiger partial charge >= 0.3 is 0 Å². The Labute approximate surface area is 121 Å². The second-order valence-corrected chi connectivity index (χ2v) is 4.91. The number of hydrogen-bond donors (Lipinski definition) is 2. The third-order valence-electron chi connectivity index (χ3n) is 2.28. The SMILES string of the molecule is Nc1ccc(Cl)c(Nc2ncc([N+](=O)[O-])cc2Br)c1. The summed E-state index contributed by atoms with van der Waals surface area (Å²) in [5.74, 6) is 0.415. The van der Waals surface area contributed by atoms with Crippen LogP contribution >= 0.6 is 27.5 Å². The number of aromatic nitrogens is 1. The zero-order valence-electron chi connectivity index (χ0n) is 9.43. The summed E-state index contributed by atoms with van der Waals surface area (Å²) < 4.78 is 0.459. The summed E-state index contributed by atoms with van der Waals surface area (Å²) in [6, 6.07) is 6.33. The molecule has 0 aliphatic rings. The Kier molecular flexibility index (Phi) is 3.87. The zero-order valence-corrected chi connectivity index (χ0v) is 11.8. The number of nitro groups is 1. The van der Waals surface area contributed by atoms with Gasteiger partial charge in [0.25, 0.3) is 5.69 Å². The summed E-state index contributed by atoms with van der Waals surface area (Å²) in [4.78, 5) is 14.1. The lowest BCUT2D eigenvalue weighted by Gasteiger charge is -2.09. The number of pyridine rings is 1. The van der Waals surface area contributed by atoms with Crippen LogP contribution in [0.25, 0.3) is 0 Å². The third kappa shape index (κ3) is 3.12. The van der Waals surface area contributed by atoms with Crippen molar-refractivity contribution < 1.29 is 4.92 Å². The first-order valence-electron chi connectivity index (χ1n) is 5.09. The van der Waals surface area contributed by atoms with Gasteiger partial charge in [0.05, 0.1) is 20.1 Å². The van der Waals surface area contributed by atoms with Crippen LogP contribution in [0.15, 0.2) is 34.9 Å². The summed E-state index contributed by atoms with van der Waals surface area (Å²) in [6.07, 6.45) is 1.16. The highest BCUT2D eigenvalue weighted by atomic mass is 79.9. The molecule has 1 heterocycles. The highest BCUT2D eigenvalue weighted by molar-refractivity contribution is 9.10. The van der Waals surface area contributed by atoms with Gasteiger partial charge in [-0.05, 0) is 34.1 Å². The molecular formula is C11H8BrClN4O2. The summed E-state index contributed by atoms with van der Waals surface area (Å²) in [6.45, 7) is 0. The second-order valence-electron chi connectivity index (χ2n) is 3.65. The molecule has 98 valence electrons.